The van der Waals surface area contributed by atoms with E-state index in [0.29, 0.717) is 11.3 Å². The molecule has 2 N–H and O–H groups in total. The maximum Gasteiger partial charge on any atom is 0.416 e. The molecule has 2 aromatic rings. The van der Waals surface area contributed by atoms with Crippen molar-refractivity contribution in [3.63, 3.8) is 0 Å². The molecule has 4 nitrogen and oxygen atoms in total. The monoisotopic (exact) mass is 349 g/mol. The zero-order valence-electron chi connectivity index (χ0n) is 13.1. The average molecular weight is 349 g/mol. The molecule has 130 valence electrons. The van der Waals surface area contributed by atoms with Crippen molar-refractivity contribution in [2.24, 2.45) is 0 Å². The lowest BCUT2D eigenvalue weighted by molar-refractivity contribution is -0.137. The molecule has 0 fully saturated rings. The summed E-state index contributed by atoms with van der Waals surface area (Å²) in [6.45, 7) is 1.51. The Bertz CT molecular complexity index is 824. The van der Waals surface area contributed by atoms with Gasteiger partial charge in [-0.15, -0.1) is 0 Å². The third kappa shape index (κ3) is 4.94. The Labute approximate surface area is 141 Å². The van der Waals surface area contributed by atoms with Gasteiger partial charge >= 0.3 is 12.1 Å². The summed E-state index contributed by atoms with van der Waals surface area (Å²) in [5, 5.41) is 11.5. The molecule has 2 aromatic carbocycles. The van der Waals surface area contributed by atoms with E-state index in [4.69, 9.17) is 5.11 Å². The lowest BCUT2D eigenvalue weighted by atomic mass is 10.1. The number of halogens is 3. The van der Waals surface area contributed by atoms with Crippen LogP contribution < -0.4 is 5.32 Å². The van der Waals surface area contributed by atoms with Crippen molar-refractivity contribution < 1.29 is 27.9 Å². The van der Waals surface area contributed by atoms with Crippen molar-refractivity contribution in [1.29, 1.82) is 0 Å². The van der Waals surface area contributed by atoms with Gasteiger partial charge in [0.05, 0.1) is 11.1 Å². The number of benzene rings is 2. The van der Waals surface area contributed by atoms with E-state index in [1.54, 1.807) is 0 Å². The van der Waals surface area contributed by atoms with Crippen LogP contribution in [-0.4, -0.2) is 17.0 Å². The zero-order valence-corrected chi connectivity index (χ0v) is 13.1. The molecule has 0 aliphatic carbocycles. The second kappa shape index (κ2) is 7.21. The number of rotatable bonds is 4. The standard InChI is InChI=1S/C18H14F3NO3/c1-11(9-12-5-7-14(8-6-12)18(19,20)21)16(23)22-15-4-2-3-13(10-15)17(24)25/h2-10H,1H3,(H,22,23)(H,24,25)/b11-9+. The Hall–Kier alpha value is -3.09. The lowest BCUT2D eigenvalue weighted by Gasteiger charge is -2.08. The van der Waals surface area contributed by atoms with Gasteiger partial charge in [-0.1, -0.05) is 18.2 Å². The average Bonchev–Trinajstić information content (AvgIpc) is 2.54. The molecule has 0 aromatic heterocycles. The van der Waals surface area contributed by atoms with Gasteiger partial charge in [-0.2, -0.15) is 13.2 Å². The summed E-state index contributed by atoms with van der Waals surface area (Å²) in [6, 6.07) is 10.1. The molecule has 0 unspecified atom stereocenters. The number of carbonyl (C=O) groups is 2. The number of amides is 1. The molecule has 0 aliphatic rings. The minimum absolute atomic E-state index is 0.0298. The van der Waals surface area contributed by atoms with Crippen molar-refractivity contribution in [3.05, 3.63) is 70.8 Å². The summed E-state index contributed by atoms with van der Waals surface area (Å²) in [7, 11) is 0. The number of carbonyl (C=O) groups excluding carboxylic acids is 1. The second-order valence-electron chi connectivity index (χ2n) is 5.29. The van der Waals surface area contributed by atoms with Gasteiger partial charge in [-0.3, -0.25) is 4.79 Å². The molecule has 25 heavy (non-hydrogen) atoms. The first-order valence-corrected chi connectivity index (χ1v) is 7.17. The van der Waals surface area contributed by atoms with Gasteiger partial charge in [-0.05, 0) is 48.9 Å². The Kier molecular flexibility index (Phi) is 5.26. The first-order chi connectivity index (χ1) is 11.7. The molecule has 2 rings (SSSR count). The number of alkyl halides is 3. The molecule has 0 spiro atoms. The Balaban J connectivity index is 2.12. The molecule has 1 amide bonds. The van der Waals surface area contributed by atoms with Crippen LogP contribution >= 0.6 is 0 Å². The number of carboxylic acid groups (broad SMARTS) is 1. The highest BCUT2D eigenvalue weighted by atomic mass is 19.4. The number of hydrogen-bond acceptors (Lipinski definition) is 2. The van der Waals surface area contributed by atoms with Crippen molar-refractivity contribution in [2.45, 2.75) is 13.1 Å². The predicted octanol–water partition coefficient (Wildman–Crippen LogP) is 4.45. The van der Waals surface area contributed by atoms with Crippen LogP contribution in [0.4, 0.5) is 18.9 Å². The highest BCUT2D eigenvalue weighted by Crippen LogP contribution is 2.29. The summed E-state index contributed by atoms with van der Waals surface area (Å²) < 4.78 is 37.6. The van der Waals surface area contributed by atoms with Crippen LogP contribution in [-0.2, 0) is 11.0 Å². The Morgan fingerprint density at radius 1 is 1.08 bits per heavy atom. The molecule has 0 heterocycles. The van der Waals surface area contributed by atoms with Crippen LogP contribution in [0.2, 0.25) is 0 Å². The van der Waals surface area contributed by atoms with Crippen LogP contribution in [0.25, 0.3) is 6.08 Å². The van der Waals surface area contributed by atoms with Gasteiger partial charge in [0.15, 0.2) is 0 Å². The first kappa shape index (κ1) is 18.3. The van der Waals surface area contributed by atoms with E-state index in [1.807, 2.05) is 0 Å². The summed E-state index contributed by atoms with van der Waals surface area (Å²) in [4.78, 5) is 23.0. The molecule has 0 atom stereocenters. The number of carboxylic acids is 1. The fourth-order valence-corrected chi connectivity index (χ4v) is 2.04. The fraction of sp³-hybridized carbons (Fsp3) is 0.111. The summed E-state index contributed by atoms with van der Waals surface area (Å²) in [6.07, 6.45) is -2.97. The van der Waals surface area contributed by atoms with E-state index in [1.165, 1.54) is 49.4 Å². The smallest absolute Gasteiger partial charge is 0.416 e. The second-order valence-corrected chi connectivity index (χ2v) is 5.29. The van der Waals surface area contributed by atoms with Crippen molar-refractivity contribution in [3.8, 4) is 0 Å². The summed E-state index contributed by atoms with van der Waals surface area (Å²) >= 11 is 0. The number of hydrogen-bond donors (Lipinski definition) is 2. The zero-order chi connectivity index (χ0) is 18.6. The van der Waals surface area contributed by atoms with E-state index in [9.17, 15) is 22.8 Å². The molecule has 0 aliphatic heterocycles. The van der Waals surface area contributed by atoms with Gasteiger partial charge in [0.25, 0.3) is 5.91 Å². The molecular weight excluding hydrogens is 335 g/mol. The fourth-order valence-electron chi connectivity index (χ4n) is 2.04. The topological polar surface area (TPSA) is 66.4 Å². The Morgan fingerprint density at radius 3 is 2.28 bits per heavy atom. The van der Waals surface area contributed by atoms with E-state index < -0.39 is 23.6 Å². The highest BCUT2D eigenvalue weighted by molar-refractivity contribution is 6.06. The number of nitrogens with one attached hydrogen (secondary N) is 1. The van der Waals surface area contributed by atoms with Gasteiger partial charge in [0.2, 0.25) is 0 Å². The minimum Gasteiger partial charge on any atom is -0.478 e. The van der Waals surface area contributed by atoms with Crippen molar-refractivity contribution in [2.75, 3.05) is 5.32 Å². The van der Waals surface area contributed by atoms with Crippen LogP contribution in [0.1, 0.15) is 28.4 Å². The van der Waals surface area contributed by atoms with Gasteiger partial charge in [-0.25, -0.2) is 4.79 Å². The Morgan fingerprint density at radius 2 is 1.72 bits per heavy atom. The lowest BCUT2D eigenvalue weighted by Crippen LogP contribution is -2.13. The molecule has 7 heteroatoms. The number of anilines is 1. The van der Waals surface area contributed by atoms with Gasteiger partial charge in [0, 0.05) is 11.3 Å². The van der Waals surface area contributed by atoms with E-state index >= 15 is 0 Å². The van der Waals surface area contributed by atoms with E-state index in [2.05, 4.69) is 5.32 Å². The van der Waals surface area contributed by atoms with Crippen molar-refractivity contribution in [1.82, 2.24) is 0 Å². The first-order valence-electron chi connectivity index (χ1n) is 7.17. The maximum absolute atomic E-state index is 12.5. The largest absolute Gasteiger partial charge is 0.478 e. The maximum atomic E-state index is 12.5. The summed E-state index contributed by atoms with van der Waals surface area (Å²) in [5.41, 5.74) is 0.282. The SMILES string of the molecule is C/C(=C\c1ccc(C(F)(F)F)cc1)C(=O)Nc1cccc(C(=O)O)c1. The predicted molar refractivity (Wildman–Crippen MR) is 87.1 cm³/mol. The third-order valence-electron chi connectivity index (χ3n) is 3.35. The molecule has 0 bridgehead atoms. The van der Waals surface area contributed by atoms with Crippen LogP contribution in [0.15, 0.2) is 54.1 Å². The van der Waals surface area contributed by atoms with E-state index in [-0.39, 0.29) is 11.1 Å². The summed E-state index contributed by atoms with van der Waals surface area (Å²) in [5.74, 6) is -1.60. The van der Waals surface area contributed by atoms with E-state index in [0.717, 1.165) is 12.1 Å². The van der Waals surface area contributed by atoms with Crippen molar-refractivity contribution >= 4 is 23.6 Å². The third-order valence-corrected chi connectivity index (χ3v) is 3.35. The van der Waals surface area contributed by atoms with Gasteiger partial charge in [0.1, 0.15) is 0 Å². The quantitative estimate of drug-likeness (QED) is 0.802. The molecule has 0 saturated carbocycles. The minimum atomic E-state index is -4.41. The van der Waals surface area contributed by atoms with Gasteiger partial charge < -0.3 is 10.4 Å². The normalized spacial score (nSPS) is 11.9. The highest BCUT2D eigenvalue weighted by Gasteiger charge is 2.29. The molecule has 0 saturated heterocycles. The molecule has 0 radical (unpaired) electrons. The van der Waals surface area contributed by atoms with Crippen LogP contribution in [0, 0.1) is 0 Å². The van der Waals surface area contributed by atoms with Crippen LogP contribution in [0.3, 0.4) is 0 Å². The number of aromatic carboxylic acids is 1. The van der Waals surface area contributed by atoms with Crippen LogP contribution in [0.5, 0.6) is 0 Å². The molecular formula is C18H14F3NO3.